The molecule has 0 saturated carbocycles. The van der Waals surface area contributed by atoms with E-state index in [0.717, 1.165) is 45.1 Å². The monoisotopic (exact) mass is 321 g/mol. The van der Waals surface area contributed by atoms with Gasteiger partial charge in [-0.25, -0.2) is 4.98 Å². The first-order chi connectivity index (χ1) is 11.1. The van der Waals surface area contributed by atoms with E-state index in [4.69, 9.17) is 4.74 Å². The lowest BCUT2D eigenvalue weighted by Crippen LogP contribution is -2.54. The van der Waals surface area contributed by atoms with Crippen LogP contribution < -0.4 is 0 Å². The highest BCUT2D eigenvalue weighted by Crippen LogP contribution is 2.13. The first kappa shape index (κ1) is 16.4. The van der Waals surface area contributed by atoms with E-state index in [1.807, 2.05) is 24.3 Å². The molecule has 1 aromatic heterocycles. The van der Waals surface area contributed by atoms with Crippen LogP contribution >= 0.6 is 0 Å². The second-order valence-electron chi connectivity index (χ2n) is 6.50. The second-order valence-corrected chi connectivity index (χ2v) is 6.50. The minimum absolute atomic E-state index is 0.234. The number of piperazine rings is 1. The van der Waals surface area contributed by atoms with Crippen molar-refractivity contribution in [1.29, 1.82) is 0 Å². The van der Waals surface area contributed by atoms with Crippen LogP contribution in [0.2, 0.25) is 0 Å². The van der Waals surface area contributed by atoms with E-state index in [1.54, 1.807) is 0 Å². The van der Waals surface area contributed by atoms with E-state index in [9.17, 15) is 4.79 Å². The number of amides is 1. The van der Waals surface area contributed by atoms with Gasteiger partial charge in [0.2, 0.25) is 5.91 Å². The highest BCUT2D eigenvalue weighted by Gasteiger charge is 2.27. The predicted molar refractivity (Wildman–Crippen MR) is 86.9 cm³/mol. The van der Waals surface area contributed by atoms with Crippen LogP contribution in [0, 0.1) is 0 Å². The number of morpholine rings is 1. The number of imidazole rings is 1. The number of aryl methyl sites for hydroxylation is 1. The van der Waals surface area contributed by atoms with Crippen molar-refractivity contribution < 1.29 is 9.53 Å². The number of carbonyl (C=O) groups is 1. The Morgan fingerprint density at radius 3 is 2.74 bits per heavy atom. The molecule has 2 aliphatic rings. The van der Waals surface area contributed by atoms with Crippen LogP contribution in [0.15, 0.2) is 12.4 Å². The molecule has 0 aromatic carbocycles. The van der Waals surface area contributed by atoms with Gasteiger partial charge in [-0.15, -0.1) is 0 Å². The van der Waals surface area contributed by atoms with Gasteiger partial charge in [-0.05, 0) is 6.92 Å². The van der Waals surface area contributed by atoms with Gasteiger partial charge in [-0.2, -0.15) is 0 Å². The number of hydrogen-bond acceptors (Lipinski definition) is 5. The van der Waals surface area contributed by atoms with E-state index in [1.165, 1.54) is 0 Å². The fourth-order valence-corrected chi connectivity index (χ4v) is 3.28. The molecule has 0 radical (unpaired) electrons. The summed E-state index contributed by atoms with van der Waals surface area (Å²) in [6.07, 6.45) is 3.83. The number of nitrogens with zero attached hydrogens (tertiary/aromatic N) is 5. The van der Waals surface area contributed by atoms with Crippen molar-refractivity contribution in [2.24, 2.45) is 7.05 Å². The van der Waals surface area contributed by atoms with Crippen LogP contribution in [-0.4, -0.2) is 88.7 Å². The molecule has 1 aromatic rings. The largest absolute Gasteiger partial charge is 0.378 e. The van der Waals surface area contributed by atoms with Crippen LogP contribution in [0.5, 0.6) is 0 Å². The fraction of sp³-hybridized carbons (Fsp3) is 0.750. The van der Waals surface area contributed by atoms with E-state index >= 15 is 0 Å². The summed E-state index contributed by atoms with van der Waals surface area (Å²) in [5.74, 6) is 1.33. The smallest absolute Gasteiger partial charge is 0.236 e. The van der Waals surface area contributed by atoms with Crippen molar-refractivity contribution in [2.75, 3.05) is 52.5 Å². The average molecular weight is 321 g/mol. The van der Waals surface area contributed by atoms with Crippen LogP contribution in [0.4, 0.5) is 0 Å². The Kier molecular flexibility index (Phi) is 5.30. The number of rotatable bonds is 4. The van der Waals surface area contributed by atoms with Gasteiger partial charge in [0.15, 0.2) is 0 Å². The summed E-state index contributed by atoms with van der Waals surface area (Å²) in [6.45, 7) is 9.26. The first-order valence-corrected chi connectivity index (χ1v) is 8.41. The first-order valence-electron chi connectivity index (χ1n) is 8.41. The highest BCUT2D eigenvalue weighted by atomic mass is 16.5. The second kappa shape index (κ2) is 7.42. The van der Waals surface area contributed by atoms with Gasteiger partial charge in [-0.1, -0.05) is 0 Å². The predicted octanol–water partition coefficient (Wildman–Crippen LogP) is -0.215. The Balaban J connectivity index is 1.48. The van der Waals surface area contributed by atoms with Gasteiger partial charge in [0.05, 0.1) is 26.3 Å². The van der Waals surface area contributed by atoms with Gasteiger partial charge >= 0.3 is 0 Å². The lowest BCUT2D eigenvalue weighted by molar-refractivity contribution is -0.137. The highest BCUT2D eigenvalue weighted by molar-refractivity contribution is 5.78. The zero-order chi connectivity index (χ0) is 16.2. The summed E-state index contributed by atoms with van der Waals surface area (Å²) < 4.78 is 7.38. The van der Waals surface area contributed by atoms with Crippen molar-refractivity contribution in [2.45, 2.75) is 19.5 Å². The standard InChI is InChI=1S/C16H27N5O2/c1-14-11-19(13-16(22)20-7-9-23-10-8-20)5-6-21(14)12-15-17-3-4-18(15)2/h3-4,14H,5-13H2,1-2H3/t14-/m0/s1. The van der Waals surface area contributed by atoms with E-state index in [2.05, 4.69) is 26.3 Å². The zero-order valence-corrected chi connectivity index (χ0v) is 14.1. The topological polar surface area (TPSA) is 53.8 Å². The molecule has 0 spiro atoms. The van der Waals surface area contributed by atoms with Crippen LogP contribution in [0.1, 0.15) is 12.7 Å². The van der Waals surface area contributed by atoms with Crippen molar-refractivity contribution in [3.8, 4) is 0 Å². The molecule has 2 aliphatic heterocycles. The molecule has 1 amide bonds. The molecule has 2 saturated heterocycles. The van der Waals surface area contributed by atoms with Crippen molar-refractivity contribution >= 4 is 5.91 Å². The third-order valence-electron chi connectivity index (χ3n) is 4.84. The van der Waals surface area contributed by atoms with Crippen molar-refractivity contribution in [3.63, 3.8) is 0 Å². The Bertz CT molecular complexity index is 526. The molecule has 0 unspecified atom stereocenters. The number of carbonyl (C=O) groups excluding carboxylic acids is 1. The maximum Gasteiger partial charge on any atom is 0.236 e. The molecule has 7 nitrogen and oxygen atoms in total. The maximum absolute atomic E-state index is 12.4. The third kappa shape index (κ3) is 4.10. The molecule has 1 atom stereocenters. The van der Waals surface area contributed by atoms with Crippen molar-refractivity contribution in [1.82, 2.24) is 24.3 Å². The summed E-state index contributed by atoms with van der Waals surface area (Å²) in [6, 6.07) is 0.429. The molecule has 3 heterocycles. The van der Waals surface area contributed by atoms with Gasteiger partial charge in [0.25, 0.3) is 0 Å². The number of aromatic nitrogens is 2. The summed E-state index contributed by atoms with van der Waals surface area (Å²) in [5, 5.41) is 0. The maximum atomic E-state index is 12.4. The molecule has 0 aliphatic carbocycles. The molecule has 3 rings (SSSR count). The summed E-state index contributed by atoms with van der Waals surface area (Å²) >= 11 is 0. The molecule has 23 heavy (non-hydrogen) atoms. The Labute approximate surface area is 137 Å². The lowest BCUT2D eigenvalue weighted by atomic mass is 10.2. The molecule has 0 bridgehead atoms. The van der Waals surface area contributed by atoms with Crippen LogP contribution in [-0.2, 0) is 23.1 Å². The van der Waals surface area contributed by atoms with Crippen LogP contribution in [0.3, 0.4) is 0 Å². The Morgan fingerprint density at radius 1 is 1.30 bits per heavy atom. The van der Waals surface area contributed by atoms with E-state index < -0.39 is 0 Å². The summed E-state index contributed by atoms with van der Waals surface area (Å²) in [7, 11) is 2.03. The number of ether oxygens (including phenoxy) is 1. The Morgan fingerprint density at radius 2 is 2.09 bits per heavy atom. The quantitative estimate of drug-likeness (QED) is 0.768. The van der Waals surface area contributed by atoms with Crippen molar-refractivity contribution in [3.05, 3.63) is 18.2 Å². The van der Waals surface area contributed by atoms with Gasteiger partial charge in [0.1, 0.15) is 5.82 Å². The molecule has 0 N–H and O–H groups in total. The fourth-order valence-electron chi connectivity index (χ4n) is 3.28. The zero-order valence-electron chi connectivity index (χ0n) is 14.1. The molecule has 7 heteroatoms. The molecular formula is C16H27N5O2. The molecule has 128 valence electrons. The van der Waals surface area contributed by atoms with Gasteiger partial charge in [0, 0.05) is 58.2 Å². The van der Waals surface area contributed by atoms with E-state index in [-0.39, 0.29) is 5.91 Å². The van der Waals surface area contributed by atoms with Crippen LogP contribution in [0.25, 0.3) is 0 Å². The normalized spacial score (nSPS) is 24.1. The lowest BCUT2D eigenvalue weighted by Gasteiger charge is -2.40. The number of hydrogen-bond donors (Lipinski definition) is 0. The van der Waals surface area contributed by atoms with Gasteiger partial charge in [-0.3, -0.25) is 14.6 Å². The Hall–Kier alpha value is -1.44. The summed E-state index contributed by atoms with van der Waals surface area (Å²) in [5.41, 5.74) is 0. The third-order valence-corrected chi connectivity index (χ3v) is 4.84. The average Bonchev–Trinajstić information content (AvgIpc) is 2.96. The molecular weight excluding hydrogens is 294 g/mol. The van der Waals surface area contributed by atoms with E-state index in [0.29, 0.717) is 25.8 Å². The SMILES string of the molecule is C[C@H]1CN(CC(=O)N2CCOCC2)CCN1Cc1nccn1C. The minimum Gasteiger partial charge on any atom is -0.378 e. The molecule has 2 fully saturated rings. The van der Waals surface area contributed by atoms with Gasteiger partial charge < -0.3 is 14.2 Å². The minimum atomic E-state index is 0.234. The summed E-state index contributed by atoms with van der Waals surface area (Å²) in [4.78, 5) is 23.4.